The molecule has 0 radical (unpaired) electrons. The first-order chi connectivity index (χ1) is 17.9. The van der Waals surface area contributed by atoms with Gasteiger partial charge >= 0.3 is 0 Å². The highest BCUT2D eigenvalue weighted by atomic mass is 32.2. The number of carbonyl (C=O) groups is 1. The van der Waals surface area contributed by atoms with Crippen LogP contribution in [0.15, 0.2) is 76.5 Å². The number of methoxy groups -OCH3 is 2. The maximum Gasteiger partial charge on any atom is 0.264 e. The Balaban J connectivity index is 1.95. The third kappa shape index (κ3) is 6.65. The predicted octanol–water partition coefficient (Wildman–Crippen LogP) is 3.88. The summed E-state index contributed by atoms with van der Waals surface area (Å²) in [5, 5.41) is 2.87. The van der Waals surface area contributed by atoms with Crippen LogP contribution in [0, 0.1) is 6.92 Å². The summed E-state index contributed by atoms with van der Waals surface area (Å²) in [7, 11) is -4.58. The Morgan fingerprint density at radius 1 is 0.868 bits per heavy atom. The zero-order chi connectivity index (χ0) is 28.1. The molecule has 0 heterocycles. The molecular weight excluding hydrogens is 528 g/mol. The highest BCUT2D eigenvalue weighted by Crippen LogP contribution is 2.34. The zero-order valence-electron chi connectivity index (χ0n) is 22.0. The molecule has 1 N–H and O–H groups in total. The van der Waals surface area contributed by atoms with Crippen LogP contribution in [-0.2, 0) is 24.7 Å². The van der Waals surface area contributed by atoms with E-state index in [0.717, 1.165) is 16.1 Å². The van der Waals surface area contributed by atoms with E-state index in [0.29, 0.717) is 23.5 Å². The number of sulfone groups is 1. The van der Waals surface area contributed by atoms with Crippen molar-refractivity contribution in [1.82, 2.24) is 5.32 Å². The van der Waals surface area contributed by atoms with Crippen molar-refractivity contribution in [2.45, 2.75) is 36.1 Å². The van der Waals surface area contributed by atoms with Crippen molar-refractivity contribution in [2.24, 2.45) is 0 Å². The van der Waals surface area contributed by atoms with Gasteiger partial charge in [-0.1, -0.05) is 36.8 Å². The number of aryl methyl sites for hydroxylation is 1. The molecule has 9 nitrogen and oxygen atoms in total. The van der Waals surface area contributed by atoms with Crippen LogP contribution in [0.5, 0.6) is 11.5 Å². The quantitative estimate of drug-likeness (QED) is 0.378. The van der Waals surface area contributed by atoms with Crippen molar-refractivity contribution in [3.05, 3.63) is 77.9 Å². The van der Waals surface area contributed by atoms with Crippen LogP contribution in [0.1, 0.15) is 30.5 Å². The minimum absolute atomic E-state index is 0.0362. The minimum atomic E-state index is -4.13. The number of nitrogens with zero attached hydrogens (tertiary/aromatic N) is 1. The molecule has 11 heteroatoms. The molecule has 3 rings (SSSR count). The van der Waals surface area contributed by atoms with Crippen LogP contribution in [0.3, 0.4) is 0 Å². The van der Waals surface area contributed by atoms with Crippen molar-refractivity contribution < 1.29 is 31.1 Å². The van der Waals surface area contributed by atoms with Crippen LogP contribution >= 0.6 is 0 Å². The van der Waals surface area contributed by atoms with Gasteiger partial charge in [0.15, 0.2) is 21.3 Å². The number of hydrogen-bond donors (Lipinski definition) is 1. The molecular formula is C27H32N2O7S2. The molecule has 0 spiro atoms. The molecule has 0 saturated carbocycles. The molecule has 204 valence electrons. The number of amides is 1. The maximum atomic E-state index is 13.7. The SMILES string of the molecule is CCC(NC(=O)CN(c1ccc(OC)c(OC)c1)S(=O)(=O)c1ccc(C)cc1)c1ccc(S(C)(=O)=O)cc1. The third-order valence-electron chi connectivity index (χ3n) is 6.01. The van der Waals surface area contributed by atoms with Crippen molar-refractivity contribution in [2.75, 3.05) is 31.3 Å². The van der Waals surface area contributed by atoms with E-state index >= 15 is 0 Å². The number of ether oxygens (including phenoxy) is 2. The molecule has 0 saturated heterocycles. The Hall–Kier alpha value is -3.57. The third-order valence-corrected chi connectivity index (χ3v) is 8.92. The average Bonchev–Trinajstić information content (AvgIpc) is 2.89. The van der Waals surface area contributed by atoms with Gasteiger partial charge in [-0.25, -0.2) is 16.8 Å². The van der Waals surface area contributed by atoms with Crippen LogP contribution in [0.4, 0.5) is 5.69 Å². The van der Waals surface area contributed by atoms with Crippen molar-refractivity contribution in [3.8, 4) is 11.5 Å². The molecule has 0 bridgehead atoms. The van der Waals surface area contributed by atoms with Crippen LogP contribution in [0.25, 0.3) is 0 Å². The number of benzene rings is 3. The lowest BCUT2D eigenvalue weighted by molar-refractivity contribution is -0.120. The largest absolute Gasteiger partial charge is 0.493 e. The monoisotopic (exact) mass is 560 g/mol. The highest BCUT2D eigenvalue weighted by Gasteiger charge is 2.29. The number of nitrogens with one attached hydrogen (secondary N) is 1. The van der Waals surface area contributed by atoms with E-state index in [2.05, 4.69) is 5.32 Å². The summed E-state index contributed by atoms with van der Waals surface area (Å²) in [6, 6.07) is 16.8. The van der Waals surface area contributed by atoms with E-state index in [1.807, 2.05) is 13.8 Å². The summed E-state index contributed by atoms with van der Waals surface area (Å²) in [6.07, 6.45) is 1.63. The number of hydrogen-bond acceptors (Lipinski definition) is 7. The second kappa shape index (κ2) is 11.9. The molecule has 38 heavy (non-hydrogen) atoms. The van der Waals surface area contributed by atoms with E-state index in [4.69, 9.17) is 9.47 Å². The molecule has 1 unspecified atom stereocenters. The topological polar surface area (TPSA) is 119 Å². The van der Waals surface area contributed by atoms with Gasteiger partial charge in [-0.3, -0.25) is 9.10 Å². The molecule has 0 fully saturated rings. The number of carbonyl (C=O) groups excluding carboxylic acids is 1. The Kier molecular flexibility index (Phi) is 9.05. The van der Waals surface area contributed by atoms with E-state index in [9.17, 15) is 21.6 Å². The van der Waals surface area contributed by atoms with E-state index in [-0.39, 0.29) is 15.5 Å². The van der Waals surface area contributed by atoms with Gasteiger partial charge in [-0.2, -0.15) is 0 Å². The number of anilines is 1. The summed E-state index contributed by atoms with van der Waals surface area (Å²) in [5.74, 6) is 0.193. The Morgan fingerprint density at radius 2 is 1.45 bits per heavy atom. The lowest BCUT2D eigenvalue weighted by Gasteiger charge is -2.26. The number of sulfonamides is 1. The minimum Gasteiger partial charge on any atom is -0.493 e. The standard InChI is InChI=1S/C27H32N2O7S2/c1-6-24(20-9-14-22(15-10-20)37(5,31)32)28-27(30)18-29(21-11-16-25(35-3)26(17-21)36-4)38(33,34)23-12-7-19(2)8-13-23/h7-17,24H,6,18H2,1-5H3,(H,28,30). The van der Waals surface area contributed by atoms with Crippen LogP contribution in [0.2, 0.25) is 0 Å². The summed E-state index contributed by atoms with van der Waals surface area (Å²) >= 11 is 0. The molecule has 1 atom stereocenters. The Labute approximate surface area is 224 Å². The van der Waals surface area contributed by atoms with Gasteiger partial charge in [0, 0.05) is 12.3 Å². The van der Waals surface area contributed by atoms with Crippen LogP contribution < -0.4 is 19.1 Å². The summed E-state index contributed by atoms with van der Waals surface area (Å²) in [4.78, 5) is 13.4. The van der Waals surface area contributed by atoms with Crippen molar-refractivity contribution in [3.63, 3.8) is 0 Å². The molecule has 0 aliphatic heterocycles. The first kappa shape index (κ1) is 29.0. The first-order valence-electron chi connectivity index (χ1n) is 11.8. The van der Waals surface area contributed by atoms with Gasteiger partial charge < -0.3 is 14.8 Å². The van der Waals surface area contributed by atoms with Gasteiger partial charge in [-0.15, -0.1) is 0 Å². The fraction of sp³-hybridized carbons (Fsp3) is 0.296. The van der Waals surface area contributed by atoms with Gasteiger partial charge in [0.25, 0.3) is 10.0 Å². The lowest BCUT2D eigenvalue weighted by atomic mass is 10.0. The van der Waals surface area contributed by atoms with E-state index < -0.39 is 38.4 Å². The Morgan fingerprint density at radius 3 is 1.97 bits per heavy atom. The second-order valence-corrected chi connectivity index (χ2v) is 12.6. The Bertz CT molecular complexity index is 1490. The maximum absolute atomic E-state index is 13.7. The van der Waals surface area contributed by atoms with Gasteiger partial charge in [0.2, 0.25) is 5.91 Å². The van der Waals surface area contributed by atoms with Gasteiger partial charge in [0.1, 0.15) is 6.54 Å². The average molecular weight is 561 g/mol. The molecule has 1 amide bonds. The normalized spacial score (nSPS) is 12.4. The summed E-state index contributed by atoms with van der Waals surface area (Å²) < 4.78 is 62.6. The van der Waals surface area contributed by atoms with Crippen molar-refractivity contribution >= 4 is 31.5 Å². The molecule has 0 aromatic heterocycles. The van der Waals surface area contributed by atoms with E-state index in [1.165, 1.54) is 44.6 Å². The fourth-order valence-electron chi connectivity index (χ4n) is 3.87. The molecule has 0 aliphatic carbocycles. The fourth-order valence-corrected chi connectivity index (χ4v) is 5.91. The predicted molar refractivity (Wildman–Crippen MR) is 146 cm³/mol. The van der Waals surface area contributed by atoms with Gasteiger partial charge in [0.05, 0.1) is 35.7 Å². The van der Waals surface area contributed by atoms with Gasteiger partial charge in [-0.05, 0) is 55.3 Å². The molecule has 3 aromatic rings. The summed E-state index contributed by atoms with van der Waals surface area (Å²) in [6.45, 7) is 3.22. The number of rotatable bonds is 11. The highest BCUT2D eigenvalue weighted by molar-refractivity contribution is 7.93. The van der Waals surface area contributed by atoms with Crippen molar-refractivity contribution in [1.29, 1.82) is 0 Å². The van der Waals surface area contributed by atoms with E-state index in [1.54, 1.807) is 36.4 Å². The first-order valence-corrected chi connectivity index (χ1v) is 15.1. The second-order valence-electron chi connectivity index (χ2n) is 8.73. The molecule has 3 aromatic carbocycles. The molecule has 0 aliphatic rings. The smallest absolute Gasteiger partial charge is 0.264 e. The van der Waals surface area contributed by atoms with Crippen LogP contribution in [-0.4, -0.2) is 49.8 Å². The summed E-state index contributed by atoms with van der Waals surface area (Å²) in [5.41, 5.74) is 1.82. The zero-order valence-corrected chi connectivity index (χ0v) is 23.6. The lowest BCUT2D eigenvalue weighted by Crippen LogP contribution is -2.42.